The van der Waals surface area contributed by atoms with Gasteiger partial charge in [-0.1, -0.05) is 48.5 Å². The first kappa shape index (κ1) is 20.9. The molecule has 0 heterocycles. The molecule has 0 fully saturated rings. The Morgan fingerprint density at radius 3 is 2.23 bits per heavy atom. The van der Waals surface area contributed by atoms with Crippen LogP contribution in [0.3, 0.4) is 0 Å². The summed E-state index contributed by atoms with van der Waals surface area (Å²) in [6.07, 6.45) is -0.960. The van der Waals surface area contributed by atoms with Crippen LogP contribution in [-0.4, -0.2) is 25.1 Å². The van der Waals surface area contributed by atoms with Crippen molar-refractivity contribution in [3.8, 4) is 11.5 Å². The zero-order valence-electron chi connectivity index (χ0n) is 16.8. The molecule has 1 amide bonds. The number of hydrogen-bond acceptors (Lipinski definition) is 5. The molecule has 0 spiro atoms. The molecule has 6 heteroatoms. The highest BCUT2D eigenvalue weighted by molar-refractivity contribution is 5.97. The predicted molar refractivity (Wildman–Crippen MR) is 114 cm³/mol. The topological polar surface area (TPSA) is 73.9 Å². The molecule has 0 aliphatic rings. The Labute approximate surface area is 175 Å². The van der Waals surface area contributed by atoms with Crippen molar-refractivity contribution in [3.05, 3.63) is 90.0 Å². The van der Waals surface area contributed by atoms with Crippen LogP contribution >= 0.6 is 0 Å². The van der Waals surface area contributed by atoms with E-state index in [-0.39, 0.29) is 5.56 Å². The van der Waals surface area contributed by atoms with Gasteiger partial charge >= 0.3 is 5.97 Å². The first-order valence-electron chi connectivity index (χ1n) is 9.48. The van der Waals surface area contributed by atoms with Crippen LogP contribution in [0.5, 0.6) is 11.5 Å². The maximum atomic E-state index is 12.5. The molecule has 30 heavy (non-hydrogen) atoms. The van der Waals surface area contributed by atoms with Crippen LogP contribution < -0.4 is 14.8 Å². The van der Waals surface area contributed by atoms with E-state index in [4.69, 9.17) is 14.2 Å². The van der Waals surface area contributed by atoms with Crippen molar-refractivity contribution in [1.29, 1.82) is 0 Å². The quantitative estimate of drug-likeness (QED) is 0.560. The van der Waals surface area contributed by atoms with Crippen molar-refractivity contribution in [2.45, 2.75) is 19.6 Å². The number of para-hydroxylation sites is 1. The summed E-state index contributed by atoms with van der Waals surface area (Å²) in [5.74, 6) is -0.127. The van der Waals surface area contributed by atoms with Gasteiger partial charge in [0.25, 0.3) is 5.91 Å². The summed E-state index contributed by atoms with van der Waals surface area (Å²) < 4.78 is 16.4. The van der Waals surface area contributed by atoms with E-state index in [1.165, 1.54) is 20.1 Å². The fraction of sp³-hybridized carbons (Fsp3) is 0.167. The Bertz CT molecular complexity index is 989. The molecule has 0 radical (unpaired) electrons. The monoisotopic (exact) mass is 405 g/mol. The van der Waals surface area contributed by atoms with Crippen molar-refractivity contribution < 1.29 is 23.8 Å². The second kappa shape index (κ2) is 10.1. The van der Waals surface area contributed by atoms with E-state index in [1.54, 1.807) is 36.4 Å². The van der Waals surface area contributed by atoms with Crippen molar-refractivity contribution in [2.75, 3.05) is 12.4 Å². The average molecular weight is 405 g/mol. The van der Waals surface area contributed by atoms with Gasteiger partial charge in [0.15, 0.2) is 17.6 Å². The van der Waals surface area contributed by atoms with Crippen LogP contribution in [0.25, 0.3) is 0 Å². The van der Waals surface area contributed by atoms with Crippen LogP contribution in [0.1, 0.15) is 22.8 Å². The lowest BCUT2D eigenvalue weighted by atomic mass is 10.2. The summed E-state index contributed by atoms with van der Waals surface area (Å²) in [4.78, 5) is 24.7. The largest absolute Gasteiger partial charge is 0.493 e. The minimum atomic E-state index is -0.960. The van der Waals surface area contributed by atoms with Gasteiger partial charge < -0.3 is 19.5 Å². The maximum absolute atomic E-state index is 12.5. The molecule has 6 nitrogen and oxygen atoms in total. The third-order valence-corrected chi connectivity index (χ3v) is 4.33. The number of methoxy groups -OCH3 is 1. The summed E-state index contributed by atoms with van der Waals surface area (Å²) in [5.41, 5.74) is 1.91. The molecule has 0 saturated heterocycles. The van der Waals surface area contributed by atoms with Gasteiger partial charge in [-0.05, 0) is 42.8 Å². The minimum absolute atomic E-state index is 0.262. The number of benzene rings is 3. The van der Waals surface area contributed by atoms with E-state index >= 15 is 0 Å². The zero-order valence-corrected chi connectivity index (χ0v) is 16.8. The highest BCUT2D eigenvalue weighted by Crippen LogP contribution is 2.29. The van der Waals surface area contributed by atoms with Crippen LogP contribution in [-0.2, 0) is 16.1 Å². The summed E-state index contributed by atoms with van der Waals surface area (Å²) in [7, 11) is 1.50. The number of amides is 1. The third kappa shape index (κ3) is 5.61. The smallest absolute Gasteiger partial charge is 0.339 e. The first-order chi connectivity index (χ1) is 14.6. The lowest BCUT2D eigenvalue weighted by molar-refractivity contribution is -0.123. The fourth-order valence-electron chi connectivity index (χ4n) is 2.70. The lowest BCUT2D eigenvalue weighted by Gasteiger charge is -2.15. The Morgan fingerprint density at radius 2 is 1.57 bits per heavy atom. The molecule has 0 saturated carbocycles. The van der Waals surface area contributed by atoms with Crippen molar-refractivity contribution in [2.24, 2.45) is 0 Å². The lowest BCUT2D eigenvalue weighted by Crippen LogP contribution is -2.30. The molecule has 3 rings (SSSR count). The van der Waals surface area contributed by atoms with Gasteiger partial charge in [-0.15, -0.1) is 0 Å². The van der Waals surface area contributed by atoms with Crippen LogP contribution in [0.15, 0.2) is 78.9 Å². The van der Waals surface area contributed by atoms with E-state index in [9.17, 15) is 9.59 Å². The number of nitrogens with one attached hydrogen (secondary N) is 1. The Kier molecular flexibility index (Phi) is 7.05. The maximum Gasteiger partial charge on any atom is 0.339 e. The third-order valence-electron chi connectivity index (χ3n) is 4.33. The molecule has 154 valence electrons. The molecular formula is C24H23NO5. The fourth-order valence-corrected chi connectivity index (χ4v) is 2.70. The van der Waals surface area contributed by atoms with Gasteiger partial charge in [0.05, 0.1) is 12.7 Å². The van der Waals surface area contributed by atoms with Crippen LogP contribution in [0.2, 0.25) is 0 Å². The summed E-state index contributed by atoms with van der Waals surface area (Å²) >= 11 is 0. The molecule has 3 aromatic rings. The van der Waals surface area contributed by atoms with E-state index in [1.807, 2.05) is 36.4 Å². The number of anilines is 1. The average Bonchev–Trinajstić information content (AvgIpc) is 2.78. The number of hydrogen-bond donors (Lipinski definition) is 1. The molecule has 1 N–H and O–H groups in total. The van der Waals surface area contributed by atoms with E-state index < -0.39 is 18.0 Å². The molecule has 0 unspecified atom stereocenters. The second-order valence-corrected chi connectivity index (χ2v) is 6.54. The van der Waals surface area contributed by atoms with E-state index in [0.717, 1.165) is 5.56 Å². The summed E-state index contributed by atoms with van der Waals surface area (Å²) in [6, 6.07) is 23.4. The Hall–Kier alpha value is -3.80. The number of rotatable bonds is 8. The standard InChI is InChI=1S/C24H23NO5/c1-17(23(26)25-20-11-7-4-8-12-20)30-24(27)19-13-14-21(22(15-19)28-2)29-16-18-9-5-3-6-10-18/h3-15,17H,16H2,1-2H3,(H,25,26)/t17-/m1/s1. The molecule has 3 aromatic carbocycles. The number of ether oxygens (including phenoxy) is 3. The van der Waals surface area contributed by atoms with E-state index in [0.29, 0.717) is 23.8 Å². The minimum Gasteiger partial charge on any atom is -0.493 e. The van der Waals surface area contributed by atoms with E-state index in [2.05, 4.69) is 5.32 Å². The molecular weight excluding hydrogens is 382 g/mol. The zero-order chi connectivity index (χ0) is 21.3. The van der Waals surface area contributed by atoms with Gasteiger partial charge in [0, 0.05) is 5.69 Å². The van der Waals surface area contributed by atoms with Gasteiger partial charge in [0.1, 0.15) is 6.61 Å². The molecule has 0 aromatic heterocycles. The SMILES string of the molecule is COc1cc(C(=O)O[C@H](C)C(=O)Nc2ccccc2)ccc1OCc1ccccc1. The molecule has 0 aliphatic heterocycles. The Morgan fingerprint density at radius 1 is 0.900 bits per heavy atom. The van der Waals surface area contributed by atoms with Gasteiger partial charge in [0.2, 0.25) is 0 Å². The van der Waals surface area contributed by atoms with Crippen molar-refractivity contribution in [3.63, 3.8) is 0 Å². The number of carbonyl (C=O) groups excluding carboxylic acids is 2. The first-order valence-corrected chi connectivity index (χ1v) is 9.48. The molecule has 1 atom stereocenters. The van der Waals surface area contributed by atoms with Crippen molar-refractivity contribution >= 4 is 17.6 Å². The predicted octanol–water partition coefficient (Wildman–Crippen LogP) is 4.46. The summed E-state index contributed by atoms with van der Waals surface area (Å²) in [6.45, 7) is 1.89. The molecule has 0 aliphatic carbocycles. The highest BCUT2D eigenvalue weighted by Gasteiger charge is 2.20. The van der Waals surface area contributed by atoms with Gasteiger partial charge in [-0.25, -0.2) is 4.79 Å². The number of esters is 1. The Balaban J connectivity index is 1.61. The van der Waals surface area contributed by atoms with Crippen molar-refractivity contribution in [1.82, 2.24) is 0 Å². The molecule has 0 bridgehead atoms. The number of carbonyl (C=O) groups is 2. The van der Waals surface area contributed by atoms with Gasteiger partial charge in [-0.3, -0.25) is 4.79 Å². The normalized spacial score (nSPS) is 11.3. The highest BCUT2D eigenvalue weighted by atomic mass is 16.5. The summed E-state index contributed by atoms with van der Waals surface area (Å²) in [5, 5.41) is 2.70. The second-order valence-electron chi connectivity index (χ2n) is 6.54. The van der Waals surface area contributed by atoms with Gasteiger partial charge in [-0.2, -0.15) is 0 Å². The van der Waals surface area contributed by atoms with Crippen LogP contribution in [0.4, 0.5) is 5.69 Å². The van der Waals surface area contributed by atoms with Crippen LogP contribution in [0, 0.1) is 0 Å².